The van der Waals surface area contributed by atoms with Gasteiger partial charge in [-0.1, -0.05) is 6.07 Å². The first-order valence-corrected chi connectivity index (χ1v) is 15.3. The highest BCUT2D eigenvalue weighted by Crippen LogP contribution is 2.38. The number of benzene rings is 2. The van der Waals surface area contributed by atoms with E-state index in [2.05, 4.69) is 10.3 Å². The predicted octanol–water partition coefficient (Wildman–Crippen LogP) is 6.75. The van der Waals surface area contributed by atoms with Crippen molar-refractivity contribution in [2.45, 2.75) is 30.6 Å². The lowest BCUT2D eigenvalue weighted by atomic mass is 9.92. The summed E-state index contributed by atoms with van der Waals surface area (Å²) in [7, 11) is 0. The van der Waals surface area contributed by atoms with Crippen molar-refractivity contribution >= 4 is 50.8 Å². The molecule has 7 nitrogen and oxygen atoms in total. The summed E-state index contributed by atoms with van der Waals surface area (Å²) in [4.78, 5) is 15.7. The third-order valence-electron chi connectivity index (χ3n) is 6.52. The Morgan fingerprint density at radius 2 is 1.93 bits per heavy atom. The van der Waals surface area contributed by atoms with Crippen molar-refractivity contribution in [2.75, 3.05) is 5.32 Å². The minimum atomic E-state index is -2.02. The number of carboxylic acids is 1. The molecule has 0 saturated heterocycles. The number of anilines is 1. The van der Waals surface area contributed by atoms with Crippen LogP contribution in [0.5, 0.6) is 0 Å². The maximum atomic E-state index is 14.8. The molecule has 2 aromatic carbocycles. The largest absolute Gasteiger partial charge is 0.593 e. The third kappa shape index (κ3) is 6.88. The van der Waals surface area contributed by atoms with Gasteiger partial charge in [0.05, 0.1) is 17.1 Å². The Morgan fingerprint density at radius 1 is 1.15 bits per heavy atom. The number of carboxylic acid groups (broad SMARTS) is 1. The fourth-order valence-corrected chi connectivity index (χ4v) is 6.20. The van der Waals surface area contributed by atoms with Gasteiger partial charge in [0.1, 0.15) is 5.82 Å². The SMILES string of the molecule is N=C(/C(Cc1ccc([S+](N)[O-])c(F)c1)=C(/CC1CC1)Nc1nc(C(=O)O)cs1)c1ccc(F)c(-c2ccc(F)s2)c1. The normalized spacial score (nSPS) is 14.5. The van der Waals surface area contributed by atoms with E-state index in [9.17, 15) is 33.0 Å². The zero-order valence-electron chi connectivity index (χ0n) is 21.2. The van der Waals surface area contributed by atoms with E-state index in [1.807, 2.05) is 0 Å². The number of nitrogens with one attached hydrogen (secondary N) is 2. The second kappa shape index (κ2) is 12.2. The highest BCUT2D eigenvalue weighted by molar-refractivity contribution is 7.89. The number of hydrogen-bond donors (Lipinski definition) is 4. The van der Waals surface area contributed by atoms with Crippen LogP contribution in [0.3, 0.4) is 0 Å². The molecule has 41 heavy (non-hydrogen) atoms. The summed E-state index contributed by atoms with van der Waals surface area (Å²) in [6, 6.07) is 11.0. The smallest absolute Gasteiger partial charge is 0.355 e. The van der Waals surface area contributed by atoms with E-state index in [1.54, 1.807) is 6.07 Å². The van der Waals surface area contributed by atoms with E-state index in [0.29, 0.717) is 44.7 Å². The van der Waals surface area contributed by atoms with Crippen LogP contribution in [-0.2, 0) is 17.8 Å². The first-order chi connectivity index (χ1) is 19.6. The number of carbonyl (C=O) groups is 1. The number of hydrogen-bond acceptors (Lipinski definition) is 8. The highest BCUT2D eigenvalue weighted by Gasteiger charge is 2.27. The topological polar surface area (TPSA) is 135 Å². The molecular weight excluding hydrogens is 594 g/mol. The molecule has 0 spiro atoms. The standard InChI is InChI=1S/C28H23F3N4O3S3/c29-19-5-4-16(12-17(19)23-6-8-25(31)40-23)26(32)18(9-15-3-7-24(41(33)38)20(30)10-15)21(11-14-1-2-14)34-28-35-22(13-39-28)27(36)37/h3-8,10,12-14,32H,1-2,9,11,33H2,(H,34,35)(H,36,37)/b21-18-,32-26?. The maximum absolute atomic E-state index is 14.8. The summed E-state index contributed by atoms with van der Waals surface area (Å²) in [6.45, 7) is 0. The lowest BCUT2D eigenvalue weighted by molar-refractivity contribution is 0.0691. The van der Waals surface area contributed by atoms with Crippen LogP contribution in [0.15, 0.2) is 70.1 Å². The van der Waals surface area contributed by atoms with Crippen LogP contribution in [0.2, 0.25) is 0 Å². The van der Waals surface area contributed by atoms with E-state index in [-0.39, 0.29) is 28.3 Å². The first-order valence-electron chi connectivity index (χ1n) is 12.4. The Kier molecular flexibility index (Phi) is 8.61. The first kappa shape index (κ1) is 29.0. The summed E-state index contributed by atoms with van der Waals surface area (Å²) >= 11 is -0.130. The number of aromatic carboxylic acids is 1. The number of allylic oxidation sites excluding steroid dienone is 2. The molecule has 5 N–H and O–H groups in total. The van der Waals surface area contributed by atoms with Gasteiger partial charge in [-0.2, -0.15) is 4.39 Å². The number of rotatable bonds is 11. The molecule has 1 unspecified atom stereocenters. The van der Waals surface area contributed by atoms with Gasteiger partial charge < -0.3 is 15.0 Å². The minimum absolute atomic E-state index is 0.0216. The molecule has 1 fully saturated rings. The second-order valence-corrected chi connectivity index (χ2v) is 12.4. The second-order valence-electron chi connectivity index (χ2n) is 9.49. The van der Waals surface area contributed by atoms with Gasteiger partial charge in [0.2, 0.25) is 4.90 Å². The fraction of sp³-hybridized carbons (Fsp3) is 0.179. The molecule has 5 rings (SSSR count). The van der Waals surface area contributed by atoms with E-state index >= 15 is 0 Å². The number of aromatic nitrogens is 1. The Bertz CT molecular complexity index is 1660. The minimum Gasteiger partial charge on any atom is -0.593 e. The van der Waals surface area contributed by atoms with E-state index < -0.39 is 34.1 Å². The van der Waals surface area contributed by atoms with Crippen LogP contribution in [0.25, 0.3) is 10.4 Å². The lowest BCUT2D eigenvalue weighted by Crippen LogP contribution is -2.16. The summed E-state index contributed by atoms with van der Waals surface area (Å²) in [5.41, 5.74) is 1.92. The van der Waals surface area contributed by atoms with Gasteiger partial charge in [-0.3, -0.25) is 5.41 Å². The number of nitrogens with zero attached hydrogens (tertiary/aromatic N) is 1. The zero-order chi connectivity index (χ0) is 29.3. The lowest BCUT2D eigenvalue weighted by Gasteiger charge is -2.19. The number of halogens is 3. The van der Waals surface area contributed by atoms with Crippen LogP contribution < -0.4 is 10.5 Å². The molecular formula is C28H23F3N4O3S3. The summed E-state index contributed by atoms with van der Waals surface area (Å²) in [5, 5.41) is 28.3. The maximum Gasteiger partial charge on any atom is 0.355 e. The van der Waals surface area contributed by atoms with Crippen LogP contribution in [0.1, 0.15) is 40.9 Å². The van der Waals surface area contributed by atoms with Crippen LogP contribution in [0.4, 0.5) is 18.3 Å². The molecule has 2 heterocycles. The van der Waals surface area contributed by atoms with E-state index in [0.717, 1.165) is 35.5 Å². The quantitative estimate of drug-likeness (QED) is 0.109. The molecule has 0 radical (unpaired) electrons. The molecule has 0 aliphatic heterocycles. The molecule has 0 bridgehead atoms. The number of nitrogens with two attached hydrogens (primary N) is 1. The van der Waals surface area contributed by atoms with Gasteiger partial charge >= 0.3 is 5.97 Å². The van der Waals surface area contributed by atoms with Crippen LogP contribution in [0, 0.1) is 28.1 Å². The fourth-order valence-electron chi connectivity index (χ4n) is 4.29. The third-order valence-corrected chi connectivity index (χ3v) is 8.95. The molecule has 1 aliphatic rings. The average molecular weight is 617 g/mol. The molecule has 0 amide bonds. The van der Waals surface area contributed by atoms with Gasteiger partial charge in [-0.05, 0) is 73.2 Å². The predicted molar refractivity (Wildman–Crippen MR) is 154 cm³/mol. The van der Waals surface area contributed by atoms with Crippen molar-refractivity contribution in [1.82, 2.24) is 4.98 Å². The number of thiophene rings is 1. The van der Waals surface area contributed by atoms with Crippen molar-refractivity contribution in [3.63, 3.8) is 0 Å². The molecule has 4 aromatic rings. The molecule has 1 aliphatic carbocycles. The van der Waals surface area contributed by atoms with Crippen LogP contribution in [-0.4, -0.2) is 26.3 Å². The van der Waals surface area contributed by atoms with Crippen molar-refractivity contribution in [2.24, 2.45) is 11.1 Å². The van der Waals surface area contributed by atoms with Crippen molar-refractivity contribution in [1.29, 1.82) is 5.41 Å². The van der Waals surface area contributed by atoms with Crippen molar-refractivity contribution < 1.29 is 27.6 Å². The van der Waals surface area contributed by atoms with Gasteiger partial charge in [-0.25, -0.2) is 18.6 Å². The summed E-state index contributed by atoms with van der Waals surface area (Å²) < 4.78 is 54.9. The van der Waals surface area contributed by atoms with E-state index in [4.69, 9.17) is 5.14 Å². The Morgan fingerprint density at radius 3 is 2.54 bits per heavy atom. The van der Waals surface area contributed by atoms with Crippen LogP contribution >= 0.6 is 22.7 Å². The molecule has 13 heteroatoms. The van der Waals surface area contributed by atoms with Gasteiger partial charge in [0.15, 0.2) is 21.8 Å². The number of thiazole rings is 1. The molecule has 1 saturated carbocycles. The summed E-state index contributed by atoms with van der Waals surface area (Å²) in [6.07, 6.45) is 2.54. The Balaban J connectivity index is 1.60. The van der Waals surface area contributed by atoms with E-state index in [1.165, 1.54) is 47.8 Å². The highest BCUT2D eigenvalue weighted by atomic mass is 32.2. The van der Waals surface area contributed by atoms with Gasteiger partial charge in [-0.15, -0.1) is 27.8 Å². The van der Waals surface area contributed by atoms with Crippen molar-refractivity contribution in [3.8, 4) is 10.4 Å². The zero-order valence-corrected chi connectivity index (χ0v) is 23.7. The van der Waals surface area contributed by atoms with Crippen molar-refractivity contribution in [3.05, 3.63) is 98.8 Å². The Hall–Kier alpha value is -3.49. The average Bonchev–Trinajstić information content (AvgIpc) is 3.43. The molecule has 212 valence electrons. The molecule has 2 aromatic heterocycles. The molecule has 1 atom stereocenters. The van der Waals surface area contributed by atoms with Gasteiger partial charge in [0, 0.05) is 39.1 Å². The summed E-state index contributed by atoms with van der Waals surface area (Å²) in [5.74, 6) is -2.16. The van der Waals surface area contributed by atoms with Gasteiger partial charge in [0.25, 0.3) is 0 Å². The Labute approximate surface area is 244 Å². The monoisotopic (exact) mass is 616 g/mol.